The number of rotatable bonds is 9. The van der Waals surface area contributed by atoms with E-state index in [-0.39, 0.29) is 17.5 Å². The van der Waals surface area contributed by atoms with Crippen LogP contribution in [0.1, 0.15) is 49.7 Å². The van der Waals surface area contributed by atoms with Crippen molar-refractivity contribution in [1.29, 1.82) is 0 Å². The topological polar surface area (TPSA) is 99.1 Å². The second-order valence-corrected chi connectivity index (χ2v) is 12.6. The Labute approximate surface area is 211 Å². The van der Waals surface area contributed by atoms with E-state index in [0.717, 1.165) is 57.3 Å². The highest BCUT2D eigenvalue weighted by molar-refractivity contribution is 7.93. The highest BCUT2D eigenvalue weighted by Crippen LogP contribution is 2.37. The summed E-state index contributed by atoms with van der Waals surface area (Å²) in [5.74, 6) is 0.899. The predicted molar refractivity (Wildman–Crippen MR) is 137 cm³/mol. The summed E-state index contributed by atoms with van der Waals surface area (Å²) in [7, 11) is -3.90. The third kappa shape index (κ3) is 5.97. The molecule has 4 rings (SSSR count). The first-order chi connectivity index (χ1) is 16.8. The van der Waals surface area contributed by atoms with Crippen LogP contribution >= 0.6 is 0 Å². The van der Waals surface area contributed by atoms with Crippen molar-refractivity contribution in [1.82, 2.24) is 0 Å². The largest absolute Gasteiger partial charge is 0.612 e. The Balaban J connectivity index is 1.65. The minimum atomic E-state index is -3.90. The van der Waals surface area contributed by atoms with E-state index >= 15 is 0 Å². The fourth-order valence-electron chi connectivity index (χ4n) is 4.93. The van der Waals surface area contributed by atoms with Crippen molar-refractivity contribution in [2.24, 2.45) is 5.92 Å². The van der Waals surface area contributed by atoms with Gasteiger partial charge in [0.1, 0.15) is 12.0 Å². The molecule has 192 valence electrons. The molecule has 1 heterocycles. The van der Waals surface area contributed by atoms with Crippen LogP contribution < -0.4 is 9.04 Å². The zero-order chi connectivity index (χ0) is 25.0. The number of hydrogen-bond donors (Lipinski definition) is 1. The second-order valence-electron chi connectivity index (χ2n) is 9.44. The lowest BCUT2D eigenvalue weighted by atomic mass is 10.0. The zero-order valence-corrected chi connectivity index (χ0v) is 22.1. The number of anilines is 1. The maximum Gasteiger partial charge on any atom is 0.264 e. The monoisotopic (exact) mass is 521 g/mol. The van der Waals surface area contributed by atoms with Gasteiger partial charge in [-0.2, -0.15) is 0 Å². The molecule has 1 aliphatic carbocycles. The third-order valence-corrected chi connectivity index (χ3v) is 9.75. The number of aliphatic hydroxyl groups excluding tert-OH is 1. The van der Waals surface area contributed by atoms with Gasteiger partial charge in [0.05, 0.1) is 23.8 Å². The Morgan fingerprint density at radius 1 is 1.11 bits per heavy atom. The van der Waals surface area contributed by atoms with Crippen molar-refractivity contribution < 1.29 is 27.6 Å². The maximum absolute atomic E-state index is 14.0. The van der Waals surface area contributed by atoms with Crippen LogP contribution in [-0.4, -0.2) is 50.2 Å². The predicted octanol–water partition coefficient (Wildman–Crippen LogP) is 4.17. The molecule has 1 N–H and O–H groups in total. The van der Waals surface area contributed by atoms with E-state index in [0.29, 0.717) is 34.4 Å². The highest BCUT2D eigenvalue weighted by Gasteiger charge is 2.35. The van der Waals surface area contributed by atoms with Crippen molar-refractivity contribution in [3.63, 3.8) is 0 Å². The maximum atomic E-state index is 14.0. The molecule has 1 saturated carbocycles. The Morgan fingerprint density at radius 3 is 2.46 bits per heavy atom. The average Bonchev–Trinajstić information content (AvgIpc) is 3.38. The van der Waals surface area contributed by atoms with Crippen LogP contribution in [0, 0.1) is 12.8 Å². The van der Waals surface area contributed by atoms with E-state index in [1.54, 1.807) is 36.6 Å². The summed E-state index contributed by atoms with van der Waals surface area (Å²) < 4.78 is 52.9. The van der Waals surface area contributed by atoms with E-state index in [9.17, 15) is 18.1 Å². The molecule has 2 aromatic carbocycles. The summed E-state index contributed by atoms with van der Waals surface area (Å²) in [6, 6.07) is 9.92. The Kier molecular flexibility index (Phi) is 8.65. The van der Waals surface area contributed by atoms with E-state index in [1.165, 1.54) is 10.4 Å². The molecule has 0 spiro atoms. The number of nitrogens with zero attached hydrogens (tertiary/aromatic N) is 1. The van der Waals surface area contributed by atoms with Crippen LogP contribution in [0.25, 0.3) is 0 Å². The molecule has 2 aliphatic rings. The summed E-state index contributed by atoms with van der Waals surface area (Å²) >= 11 is -1.15. The van der Waals surface area contributed by atoms with Gasteiger partial charge in [-0.25, -0.2) is 8.42 Å². The Hall–Kier alpha value is -1.78. The summed E-state index contributed by atoms with van der Waals surface area (Å²) in [6.07, 6.45) is 7.02. The highest BCUT2D eigenvalue weighted by atomic mass is 32.2. The van der Waals surface area contributed by atoms with Crippen LogP contribution in [0.5, 0.6) is 5.75 Å². The first-order valence-corrected chi connectivity index (χ1v) is 15.2. The van der Waals surface area contributed by atoms with E-state index in [4.69, 9.17) is 9.47 Å². The number of aliphatic hydroxyl groups is 1. The normalized spacial score (nSPS) is 18.5. The van der Waals surface area contributed by atoms with Crippen molar-refractivity contribution in [3.05, 3.63) is 47.5 Å². The summed E-state index contributed by atoms with van der Waals surface area (Å²) in [5, 5.41) is 10.0. The summed E-state index contributed by atoms with van der Waals surface area (Å²) in [6.45, 7) is 3.51. The Bertz CT molecular complexity index is 1110. The fourth-order valence-corrected chi connectivity index (χ4v) is 7.36. The lowest BCUT2D eigenvalue weighted by Crippen LogP contribution is -2.39. The fraction of sp³-hybridized carbons (Fsp3) is 0.538. The Morgan fingerprint density at radius 2 is 1.83 bits per heavy atom. The molecule has 0 amide bonds. The molecule has 0 radical (unpaired) electrons. The van der Waals surface area contributed by atoms with Crippen LogP contribution in [0.2, 0.25) is 0 Å². The lowest BCUT2D eigenvalue weighted by Gasteiger charge is -2.32. The van der Waals surface area contributed by atoms with Crippen molar-refractivity contribution in [2.75, 3.05) is 30.4 Å². The minimum absolute atomic E-state index is 0.134. The molecule has 1 unspecified atom stereocenters. The lowest BCUT2D eigenvalue weighted by molar-refractivity contribution is 0.0494. The summed E-state index contributed by atoms with van der Waals surface area (Å²) in [4.78, 5) is 0.804. The standard InChI is InChI=1S/C26H35NO6S2/c1-19-15-23(34(2)29)7-9-25(19)27(22-5-3-4-6-22)35(30,31)24-8-10-26(21(16-24)17-28)33-18-20-11-13-32-14-12-20/h7-10,15-16,20,22,28H,3-6,11-14,17-18H2,1-2H3. The van der Waals surface area contributed by atoms with Gasteiger partial charge in [0.2, 0.25) is 0 Å². The third-order valence-electron chi connectivity index (χ3n) is 6.97. The van der Waals surface area contributed by atoms with Gasteiger partial charge in [-0.3, -0.25) is 4.31 Å². The molecule has 1 atom stereocenters. The van der Waals surface area contributed by atoms with E-state index < -0.39 is 21.2 Å². The molecule has 7 nitrogen and oxygen atoms in total. The average molecular weight is 522 g/mol. The zero-order valence-electron chi connectivity index (χ0n) is 20.4. The SMILES string of the molecule is Cc1cc([S+](C)[O-])ccc1N(C1CCCC1)S(=O)(=O)c1ccc(OCC2CCOCC2)c(CO)c1. The number of benzene rings is 2. The van der Waals surface area contributed by atoms with Crippen molar-refractivity contribution in [3.8, 4) is 5.75 Å². The van der Waals surface area contributed by atoms with Gasteiger partial charge in [0.15, 0.2) is 4.90 Å². The summed E-state index contributed by atoms with van der Waals surface area (Å²) in [5.41, 5.74) is 1.83. The van der Waals surface area contributed by atoms with Gasteiger partial charge in [-0.15, -0.1) is 0 Å². The molecule has 0 bridgehead atoms. The second kappa shape index (κ2) is 11.5. The van der Waals surface area contributed by atoms with Gasteiger partial charge >= 0.3 is 0 Å². The molecule has 1 saturated heterocycles. The first kappa shape index (κ1) is 26.3. The molecule has 2 fully saturated rings. The minimum Gasteiger partial charge on any atom is -0.612 e. The van der Waals surface area contributed by atoms with E-state index in [2.05, 4.69) is 0 Å². The number of sulfonamides is 1. The number of ether oxygens (including phenoxy) is 2. The smallest absolute Gasteiger partial charge is 0.264 e. The van der Waals surface area contributed by atoms with E-state index in [1.807, 2.05) is 6.92 Å². The van der Waals surface area contributed by atoms with Gasteiger partial charge in [-0.1, -0.05) is 12.8 Å². The van der Waals surface area contributed by atoms with Crippen LogP contribution in [0.4, 0.5) is 5.69 Å². The molecule has 1 aliphatic heterocycles. The van der Waals surface area contributed by atoms with Crippen LogP contribution in [0.15, 0.2) is 46.2 Å². The van der Waals surface area contributed by atoms with Gasteiger partial charge in [0, 0.05) is 24.8 Å². The number of hydrogen-bond acceptors (Lipinski definition) is 6. The molecule has 0 aromatic heterocycles. The quantitative estimate of drug-likeness (QED) is 0.498. The molecular formula is C26H35NO6S2. The van der Waals surface area contributed by atoms with Crippen molar-refractivity contribution >= 4 is 26.9 Å². The number of aryl methyl sites for hydroxylation is 1. The molecule has 35 heavy (non-hydrogen) atoms. The molecule has 2 aromatic rings. The van der Waals surface area contributed by atoms with Gasteiger partial charge in [-0.05, 0) is 91.7 Å². The molecular weight excluding hydrogens is 486 g/mol. The van der Waals surface area contributed by atoms with Crippen LogP contribution in [0.3, 0.4) is 0 Å². The van der Waals surface area contributed by atoms with Gasteiger partial charge < -0.3 is 19.1 Å². The van der Waals surface area contributed by atoms with Gasteiger partial charge in [0.25, 0.3) is 10.0 Å². The van der Waals surface area contributed by atoms with Crippen molar-refractivity contribution in [2.45, 2.75) is 67.9 Å². The molecule has 9 heteroatoms. The first-order valence-electron chi connectivity index (χ1n) is 12.2. The van der Waals surface area contributed by atoms with Crippen LogP contribution in [-0.2, 0) is 32.5 Å².